The zero-order valence-electron chi connectivity index (χ0n) is 12.4. The van der Waals surface area contributed by atoms with E-state index in [1.165, 1.54) is 0 Å². The van der Waals surface area contributed by atoms with Crippen LogP contribution >= 0.6 is 11.6 Å². The third-order valence-electron chi connectivity index (χ3n) is 4.03. The molecule has 0 aliphatic carbocycles. The molecule has 20 heavy (non-hydrogen) atoms. The van der Waals surface area contributed by atoms with E-state index >= 15 is 0 Å². The summed E-state index contributed by atoms with van der Waals surface area (Å²) in [5.74, 6) is 0. The Bertz CT molecular complexity index is 450. The average Bonchev–Trinajstić information content (AvgIpc) is 2.67. The molecule has 1 aromatic rings. The van der Waals surface area contributed by atoms with Crippen molar-refractivity contribution in [3.8, 4) is 0 Å². The molecule has 0 radical (unpaired) electrons. The molecular formula is C14H23ClN2O3. The third kappa shape index (κ3) is 3.01. The molecule has 0 saturated carbocycles. The molecule has 0 spiro atoms. The maximum absolute atomic E-state index is 10.7. The number of hydrogen-bond acceptors (Lipinski definition) is 4. The summed E-state index contributed by atoms with van der Waals surface area (Å²) in [5.41, 5.74) is 1.10. The molecule has 1 saturated heterocycles. The lowest BCUT2D eigenvalue weighted by molar-refractivity contribution is -0.165. The Kier molecular flexibility index (Phi) is 5.07. The minimum absolute atomic E-state index is 0.441. The highest BCUT2D eigenvalue weighted by atomic mass is 35.5. The second-order valence-corrected chi connectivity index (χ2v) is 5.68. The highest BCUT2D eigenvalue weighted by molar-refractivity contribution is 6.31. The molecule has 0 amide bonds. The summed E-state index contributed by atoms with van der Waals surface area (Å²) in [4.78, 5) is 0. The summed E-state index contributed by atoms with van der Waals surface area (Å²) in [7, 11) is 1.85. The number of aromatic nitrogens is 2. The lowest BCUT2D eigenvalue weighted by Crippen LogP contribution is -2.50. The van der Waals surface area contributed by atoms with Gasteiger partial charge >= 0.3 is 0 Å². The molecule has 114 valence electrons. The largest absolute Gasteiger partial charge is 0.390 e. The van der Waals surface area contributed by atoms with Gasteiger partial charge in [0, 0.05) is 46.1 Å². The van der Waals surface area contributed by atoms with Gasteiger partial charge in [0.05, 0.1) is 28.1 Å². The predicted octanol–water partition coefficient (Wildman–Crippen LogP) is 1.87. The number of aryl methyl sites for hydroxylation is 2. The number of ether oxygens (including phenoxy) is 2. The Hall–Kier alpha value is -0.620. The van der Waals surface area contributed by atoms with Gasteiger partial charge in [0.2, 0.25) is 0 Å². The van der Waals surface area contributed by atoms with Crippen molar-refractivity contribution in [3.05, 3.63) is 16.4 Å². The molecule has 1 fully saturated rings. The molecule has 1 aliphatic rings. The molecule has 2 rings (SSSR count). The van der Waals surface area contributed by atoms with Crippen molar-refractivity contribution in [1.29, 1.82) is 0 Å². The topological polar surface area (TPSA) is 56.5 Å². The van der Waals surface area contributed by atoms with E-state index in [9.17, 15) is 5.11 Å². The van der Waals surface area contributed by atoms with Crippen LogP contribution in [0.2, 0.25) is 5.02 Å². The van der Waals surface area contributed by atoms with E-state index in [1.54, 1.807) is 4.68 Å². The van der Waals surface area contributed by atoms with Gasteiger partial charge in [-0.15, -0.1) is 0 Å². The van der Waals surface area contributed by atoms with E-state index in [2.05, 4.69) is 5.10 Å². The van der Waals surface area contributed by atoms with Crippen LogP contribution in [0.5, 0.6) is 0 Å². The summed E-state index contributed by atoms with van der Waals surface area (Å²) in [6.45, 7) is 5.63. The third-order valence-corrected chi connectivity index (χ3v) is 4.52. The first-order valence-corrected chi connectivity index (χ1v) is 7.45. The van der Waals surface area contributed by atoms with Crippen LogP contribution in [-0.2, 0) is 22.9 Å². The number of hydrogen-bond donors (Lipinski definition) is 1. The summed E-state index contributed by atoms with van der Waals surface area (Å²) in [6, 6.07) is 0. The van der Waals surface area contributed by atoms with Crippen LogP contribution in [0.4, 0.5) is 0 Å². The van der Waals surface area contributed by atoms with E-state index in [1.807, 2.05) is 20.9 Å². The zero-order chi connectivity index (χ0) is 14.8. The summed E-state index contributed by atoms with van der Waals surface area (Å²) in [5, 5.41) is 15.6. The minimum Gasteiger partial charge on any atom is -0.390 e. The summed E-state index contributed by atoms with van der Waals surface area (Å²) in [6.07, 6.45) is 1.24. The number of aliphatic hydroxyl groups excluding tert-OH is 1. The average molecular weight is 303 g/mol. The van der Waals surface area contributed by atoms with Crippen LogP contribution in [-0.4, -0.2) is 46.4 Å². The molecule has 2 heterocycles. The highest BCUT2D eigenvalue weighted by Crippen LogP contribution is 2.32. The Balaban J connectivity index is 2.17. The summed E-state index contributed by atoms with van der Waals surface area (Å²) >= 11 is 6.26. The Morgan fingerprint density at radius 2 is 2.15 bits per heavy atom. The monoisotopic (exact) mass is 302 g/mol. The van der Waals surface area contributed by atoms with Gasteiger partial charge in [0.1, 0.15) is 0 Å². The van der Waals surface area contributed by atoms with Gasteiger partial charge in [-0.2, -0.15) is 5.10 Å². The fourth-order valence-electron chi connectivity index (χ4n) is 2.85. The van der Waals surface area contributed by atoms with Crippen LogP contribution in [0.15, 0.2) is 0 Å². The van der Waals surface area contributed by atoms with Crippen LogP contribution in [0, 0.1) is 6.92 Å². The minimum atomic E-state index is -0.612. The van der Waals surface area contributed by atoms with E-state index in [0.717, 1.165) is 11.4 Å². The first-order valence-electron chi connectivity index (χ1n) is 7.08. The fraction of sp³-hybridized carbons (Fsp3) is 0.786. The van der Waals surface area contributed by atoms with Crippen molar-refractivity contribution in [2.75, 3.05) is 19.8 Å². The molecule has 5 nitrogen and oxygen atoms in total. The van der Waals surface area contributed by atoms with Crippen molar-refractivity contribution >= 4 is 11.6 Å². The molecule has 6 heteroatoms. The number of rotatable bonds is 5. The second-order valence-electron chi connectivity index (χ2n) is 5.30. The van der Waals surface area contributed by atoms with Crippen LogP contribution in [0.3, 0.4) is 0 Å². The molecular weight excluding hydrogens is 280 g/mol. The van der Waals surface area contributed by atoms with E-state index in [-0.39, 0.29) is 0 Å². The Morgan fingerprint density at radius 3 is 2.65 bits per heavy atom. The van der Waals surface area contributed by atoms with Crippen molar-refractivity contribution < 1.29 is 14.6 Å². The fourth-order valence-corrected chi connectivity index (χ4v) is 3.09. The molecule has 0 bridgehead atoms. The van der Waals surface area contributed by atoms with E-state index in [0.29, 0.717) is 44.1 Å². The Morgan fingerprint density at radius 1 is 1.50 bits per heavy atom. The number of halogens is 1. The molecule has 1 N–H and O–H groups in total. The number of aliphatic hydroxyl groups is 1. The quantitative estimate of drug-likeness (QED) is 0.902. The standard InChI is InChI=1S/C14H23ClN2O3/c1-4-20-14(5-7-19-8-6-14)12(18)9-11-13(15)10(2)16-17(11)3/h12,18H,4-9H2,1-3H3. The summed E-state index contributed by atoms with van der Waals surface area (Å²) < 4.78 is 13.0. The maximum atomic E-state index is 10.7. The van der Waals surface area contributed by atoms with Gasteiger partial charge in [-0.05, 0) is 13.8 Å². The van der Waals surface area contributed by atoms with Crippen molar-refractivity contribution in [3.63, 3.8) is 0 Å². The predicted molar refractivity (Wildman–Crippen MR) is 77.1 cm³/mol. The molecule has 1 aliphatic heterocycles. The SMILES string of the molecule is CCOC1(C(O)Cc2c(Cl)c(C)nn2C)CCOCC1. The van der Waals surface area contributed by atoms with Gasteiger partial charge in [-0.3, -0.25) is 4.68 Å². The lowest BCUT2D eigenvalue weighted by Gasteiger charge is -2.40. The van der Waals surface area contributed by atoms with Gasteiger partial charge < -0.3 is 14.6 Å². The van der Waals surface area contributed by atoms with Crippen LogP contribution in [0.1, 0.15) is 31.2 Å². The van der Waals surface area contributed by atoms with Crippen LogP contribution < -0.4 is 0 Å². The smallest absolute Gasteiger partial charge is 0.0987 e. The van der Waals surface area contributed by atoms with E-state index < -0.39 is 11.7 Å². The molecule has 1 aromatic heterocycles. The first-order chi connectivity index (χ1) is 9.50. The van der Waals surface area contributed by atoms with E-state index in [4.69, 9.17) is 21.1 Å². The lowest BCUT2D eigenvalue weighted by atomic mass is 9.85. The van der Waals surface area contributed by atoms with Gasteiger partial charge in [-0.1, -0.05) is 11.6 Å². The highest BCUT2D eigenvalue weighted by Gasteiger charge is 2.41. The normalized spacial score (nSPS) is 20.1. The number of nitrogens with zero attached hydrogens (tertiary/aromatic N) is 2. The second kappa shape index (κ2) is 6.43. The van der Waals surface area contributed by atoms with Crippen LogP contribution in [0.25, 0.3) is 0 Å². The Labute approximate surface area is 124 Å². The van der Waals surface area contributed by atoms with Crippen molar-refractivity contribution in [2.45, 2.75) is 44.8 Å². The van der Waals surface area contributed by atoms with Gasteiger partial charge in [-0.25, -0.2) is 0 Å². The molecule has 0 aromatic carbocycles. The zero-order valence-corrected chi connectivity index (χ0v) is 13.1. The molecule has 1 unspecified atom stereocenters. The van der Waals surface area contributed by atoms with Gasteiger partial charge in [0.25, 0.3) is 0 Å². The first kappa shape index (κ1) is 15.8. The van der Waals surface area contributed by atoms with Crippen molar-refractivity contribution in [1.82, 2.24) is 9.78 Å². The van der Waals surface area contributed by atoms with Crippen molar-refractivity contribution in [2.24, 2.45) is 7.05 Å². The van der Waals surface area contributed by atoms with Gasteiger partial charge in [0.15, 0.2) is 0 Å². The molecule has 1 atom stereocenters. The maximum Gasteiger partial charge on any atom is 0.0987 e.